The number of carbonyl (C=O) groups is 1. The van der Waals surface area contributed by atoms with Crippen LogP contribution in [-0.4, -0.2) is 11.9 Å². The van der Waals surface area contributed by atoms with Gasteiger partial charge in [-0.1, -0.05) is 51.5 Å². The zero-order valence-electron chi connectivity index (χ0n) is 11.6. The van der Waals surface area contributed by atoms with Crippen molar-refractivity contribution in [2.75, 3.05) is 0 Å². The normalized spacial score (nSPS) is 12.5. The molecule has 0 heterocycles. The molecule has 1 atom stereocenters. The van der Waals surface area contributed by atoms with E-state index in [4.69, 9.17) is 5.73 Å². The molecule has 0 aliphatic carbocycles. The molecular weight excluding hydrogens is 224 g/mol. The Kier molecular flexibility index (Phi) is 5.86. The van der Waals surface area contributed by atoms with Crippen LogP contribution < -0.4 is 11.1 Å². The highest BCUT2D eigenvalue weighted by atomic mass is 16.2. The Hall–Kier alpha value is -1.35. The lowest BCUT2D eigenvalue weighted by Gasteiger charge is -2.15. The van der Waals surface area contributed by atoms with E-state index in [1.165, 1.54) is 5.56 Å². The van der Waals surface area contributed by atoms with Crippen LogP contribution in [0, 0.1) is 5.92 Å². The summed E-state index contributed by atoms with van der Waals surface area (Å²) in [6.07, 6.45) is 2.21. The van der Waals surface area contributed by atoms with Gasteiger partial charge in [0.15, 0.2) is 0 Å². The fourth-order valence-corrected chi connectivity index (χ4v) is 1.79. The average Bonchev–Trinajstić information content (AvgIpc) is 2.36. The second-order valence-corrected chi connectivity index (χ2v) is 5.06. The van der Waals surface area contributed by atoms with Crippen molar-refractivity contribution in [1.29, 1.82) is 0 Å². The number of amides is 1. The van der Waals surface area contributed by atoms with Crippen molar-refractivity contribution in [3.8, 4) is 0 Å². The molecular formula is C15H24N2O. The lowest BCUT2D eigenvalue weighted by molar-refractivity contribution is -0.123. The van der Waals surface area contributed by atoms with E-state index in [9.17, 15) is 4.79 Å². The van der Waals surface area contributed by atoms with Crippen molar-refractivity contribution in [1.82, 2.24) is 5.32 Å². The number of hydrogen-bond donors (Lipinski definition) is 2. The molecule has 3 nitrogen and oxygen atoms in total. The highest BCUT2D eigenvalue weighted by molar-refractivity contribution is 5.81. The molecule has 1 rings (SSSR count). The maximum absolute atomic E-state index is 11.7. The molecule has 3 N–H and O–H groups in total. The van der Waals surface area contributed by atoms with E-state index in [0.29, 0.717) is 6.54 Å². The van der Waals surface area contributed by atoms with Gasteiger partial charge in [-0.15, -0.1) is 0 Å². The monoisotopic (exact) mass is 248 g/mol. The van der Waals surface area contributed by atoms with Crippen LogP contribution in [0.3, 0.4) is 0 Å². The maximum atomic E-state index is 11.7. The van der Waals surface area contributed by atoms with Crippen LogP contribution in [-0.2, 0) is 17.8 Å². The Morgan fingerprint density at radius 1 is 1.33 bits per heavy atom. The van der Waals surface area contributed by atoms with Gasteiger partial charge in [0.2, 0.25) is 5.91 Å². The topological polar surface area (TPSA) is 55.1 Å². The molecule has 0 radical (unpaired) electrons. The van der Waals surface area contributed by atoms with Gasteiger partial charge in [-0.2, -0.15) is 0 Å². The maximum Gasteiger partial charge on any atom is 0.237 e. The third-order valence-electron chi connectivity index (χ3n) is 3.02. The van der Waals surface area contributed by atoms with Gasteiger partial charge in [-0.3, -0.25) is 4.79 Å². The third-order valence-corrected chi connectivity index (χ3v) is 3.02. The molecule has 0 bridgehead atoms. The standard InChI is InChI=1S/C15H24N2O/c1-4-6-12-7-5-8-13(9-12)10-17-15(18)14(16)11(2)3/h5,7-9,11,14H,4,6,10,16H2,1-3H3,(H,17,18)/t14-/m0/s1. The molecule has 0 fully saturated rings. The predicted molar refractivity (Wildman–Crippen MR) is 75.1 cm³/mol. The van der Waals surface area contributed by atoms with E-state index < -0.39 is 6.04 Å². The van der Waals surface area contributed by atoms with Crippen molar-refractivity contribution in [2.45, 2.75) is 46.2 Å². The van der Waals surface area contributed by atoms with Gasteiger partial charge in [0, 0.05) is 6.54 Å². The summed E-state index contributed by atoms with van der Waals surface area (Å²) in [6.45, 7) is 6.62. The first-order chi connectivity index (χ1) is 8.54. The van der Waals surface area contributed by atoms with Gasteiger partial charge in [0.05, 0.1) is 6.04 Å². The molecule has 0 saturated carbocycles. The summed E-state index contributed by atoms with van der Waals surface area (Å²) in [4.78, 5) is 11.7. The number of aryl methyl sites for hydroxylation is 1. The Morgan fingerprint density at radius 2 is 2.00 bits per heavy atom. The molecule has 1 aromatic carbocycles. The third kappa shape index (κ3) is 4.49. The number of hydrogen-bond acceptors (Lipinski definition) is 2. The van der Waals surface area contributed by atoms with Gasteiger partial charge < -0.3 is 11.1 Å². The summed E-state index contributed by atoms with van der Waals surface area (Å²) in [7, 11) is 0. The lowest BCUT2D eigenvalue weighted by Crippen LogP contribution is -2.43. The van der Waals surface area contributed by atoms with E-state index in [0.717, 1.165) is 18.4 Å². The molecule has 0 aromatic heterocycles. The predicted octanol–water partition coefficient (Wildman–Crippen LogP) is 2.24. The SMILES string of the molecule is CCCc1cccc(CNC(=O)[C@@H](N)C(C)C)c1. The largest absolute Gasteiger partial charge is 0.351 e. The van der Waals surface area contributed by atoms with Crippen LogP contribution in [0.5, 0.6) is 0 Å². The summed E-state index contributed by atoms with van der Waals surface area (Å²) >= 11 is 0. The lowest BCUT2D eigenvalue weighted by atomic mass is 10.0. The molecule has 1 amide bonds. The Labute approximate surface area is 110 Å². The molecule has 0 aliphatic heterocycles. The fourth-order valence-electron chi connectivity index (χ4n) is 1.79. The molecule has 100 valence electrons. The van der Waals surface area contributed by atoms with Gasteiger partial charge in [0.25, 0.3) is 0 Å². The van der Waals surface area contributed by atoms with E-state index in [-0.39, 0.29) is 11.8 Å². The highest BCUT2D eigenvalue weighted by Gasteiger charge is 2.16. The molecule has 0 unspecified atom stereocenters. The van der Waals surface area contributed by atoms with E-state index in [2.05, 4.69) is 24.4 Å². The summed E-state index contributed by atoms with van der Waals surface area (Å²) in [5.41, 5.74) is 8.24. The van der Waals surface area contributed by atoms with E-state index >= 15 is 0 Å². The number of carbonyl (C=O) groups excluding carboxylic acids is 1. The summed E-state index contributed by atoms with van der Waals surface area (Å²) in [5.74, 6) is 0.0855. The quantitative estimate of drug-likeness (QED) is 0.811. The minimum absolute atomic E-state index is 0.0779. The van der Waals surface area contributed by atoms with Crippen molar-refractivity contribution >= 4 is 5.91 Å². The van der Waals surface area contributed by atoms with E-state index in [1.54, 1.807) is 0 Å². The van der Waals surface area contributed by atoms with Gasteiger partial charge in [-0.25, -0.2) is 0 Å². The zero-order valence-corrected chi connectivity index (χ0v) is 11.6. The highest BCUT2D eigenvalue weighted by Crippen LogP contribution is 2.07. The van der Waals surface area contributed by atoms with Crippen LogP contribution >= 0.6 is 0 Å². The van der Waals surface area contributed by atoms with Crippen molar-refractivity contribution in [2.24, 2.45) is 11.7 Å². The first-order valence-corrected chi connectivity index (χ1v) is 6.65. The summed E-state index contributed by atoms with van der Waals surface area (Å²) in [6, 6.07) is 7.90. The first-order valence-electron chi connectivity index (χ1n) is 6.65. The number of rotatable bonds is 6. The van der Waals surface area contributed by atoms with Gasteiger partial charge in [0.1, 0.15) is 0 Å². The second-order valence-electron chi connectivity index (χ2n) is 5.06. The number of benzene rings is 1. The van der Waals surface area contributed by atoms with Crippen LogP contribution in [0.2, 0.25) is 0 Å². The summed E-state index contributed by atoms with van der Waals surface area (Å²) < 4.78 is 0. The first kappa shape index (κ1) is 14.7. The van der Waals surface area contributed by atoms with Crippen LogP contribution in [0.15, 0.2) is 24.3 Å². The molecule has 0 spiro atoms. The average molecular weight is 248 g/mol. The van der Waals surface area contributed by atoms with Crippen molar-refractivity contribution in [3.63, 3.8) is 0 Å². The Balaban J connectivity index is 2.53. The number of nitrogens with two attached hydrogens (primary N) is 1. The molecule has 0 aliphatic rings. The summed E-state index contributed by atoms with van der Waals surface area (Å²) in [5, 5.41) is 2.89. The minimum Gasteiger partial charge on any atom is -0.351 e. The smallest absolute Gasteiger partial charge is 0.237 e. The minimum atomic E-state index is -0.427. The molecule has 0 saturated heterocycles. The van der Waals surface area contributed by atoms with Gasteiger partial charge in [-0.05, 0) is 23.5 Å². The molecule has 18 heavy (non-hydrogen) atoms. The Bertz CT molecular complexity index is 388. The van der Waals surface area contributed by atoms with E-state index in [1.807, 2.05) is 26.0 Å². The Morgan fingerprint density at radius 3 is 2.61 bits per heavy atom. The van der Waals surface area contributed by atoms with Crippen LogP contribution in [0.25, 0.3) is 0 Å². The zero-order chi connectivity index (χ0) is 13.5. The van der Waals surface area contributed by atoms with Crippen molar-refractivity contribution in [3.05, 3.63) is 35.4 Å². The molecule has 3 heteroatoms. The number of nitrogens with one attached hydrogen (secondary N) is 1. The molecule has 1 aromatic rings. The van der Waals surface area contributed by atoms with Crippen LogP contribution in [0.4, 0.5) is 0 Å². The van der Waals surface area contributed by atoms with Crippen molar-refractivity contribution < 1.29 is 4.79 Å². The fraction of sp³-hybridized carbons (Fsp3) is 0.533. The van der Waals surface area contributed by atoms with Gasteiger partial charge >= 0.3 is 0 Å². The second kappa shape index (κ2) is 7.17. The van der Waals surface area contributed by atoms with Crippen LogP contribution in [0.1, 0.15) is 38.3 Å².